The van der Waals surface area contributed by atoms with Crippen LogP contribution in [-0.4, -0.2) is 37.0 Å². The van der Waals surface area contributed by atoms with Crippen LogP contribution in [0.2, 0.25) is 0 Å². The van der Waals surface area contributed by atoms with Gasteiger partial charge in [0, 0.05) is 5.88 Å². The van der Waals surface area contributed by atoms with Gasteiger partial charge in [-0.2, -0.15) is 0 Å². The highest BCUT2D eigenvalue weighted by Crippen LogP contribution is 2.00. The molecule has 0 aromatic heterocycles. The van der Waals surface area contributed by atoms with Gasteiger partial charge in [0.15, 0.2) is 9.84 Å². The molecule has 3 nitrogen and oxygen atoms in total. The summed E-state index contributed by atoms with van der Waals surface area (Å²) >= 11 is 5.28. The third-order valence-electron chi connectivity index (χ3n) is 1.43. The van der Waals surface area contributed by atoms with Gasteiger partial charge < -0.3 is 5.11 Å². The van der Waals surface area contributed by atoms with Gasteiger partial charge in [-0.05, 0) is 6.42 Å². The number of rotatable bonds is 6. The van der Waals surface area contributed by atoms with E-state index in [4.69, 9.17) is 16.7 Å². The van der Waals surface area contributed by atoms with Crippen LogP contribution in [-0.2, 0) is 9.84 Å². The summed E-state index contributed by atoms with van der Waals surface area (Å²) in [5.41, 5.74) is 0. The number of aliphatic hydroxyl groups is 1. The minimum atomic E-state index is -3.09. The largest absolute Gasteiger partial charge is 0.391 e. The Morgan fingerprint density at radius 1 is 1.50 bits per heavy atom. The first-order valence-electron chi connectivity index (χ1n) is 3.96. The molecule has 0 bridgehead atoms. The maximum absolute atomic E-state index is 11.1. The van der Waals surface area contributed by atoms with Crippen LogP contribution >= 0.6 is 11.6 Å². The van der Waals surface area contributed by atoms with E-state index in [-0.39, 0.29) is 17.4 Å². The van der Waals surface area contributed by atoms with E-state index in [1.807, 2.05) is 6.92 Å². The Bertz CT molecular complexity index is 201. The third kappa shape index (κ3) is 5.80. The zero-order chi connectivity index (χ0) is 9.61. The molecule has 1 atom stereocenters. The SMILES string of the molecule is CCCCS(=O)(=O)C[C@@H](O)CCl. The van der Waals surface area contributed by atoms with Gasteiger partial charge in [0.25, 0.3) is 0 Å². The fourth-order valence-electron chi connectivity index (χ4n) is 0.785. The van der Waals surface area contributed by atoms with Gasteiger partial charge in [0.05, 0.1) is 17.6 Å². The molecule has 0 radical (unpaired) electrons. The first-order chi connectivity index (χ1) is 5.52. The van der Waals surface area contributed by atoms with Gasteiger partial charge in [-0.25, -0.2) is 8.42 Å². The minimum Gasteiger partial charge on any atom is -0.391 e. The summed E-state index contributed by atoms with van der Waals surface area (Å²) in [6.07, 6.45) is 0.571. The average molecular weight is 215 g/mol. The van der Waals surface area contributed by atoms with E-state index >= 15 is 0 Å². The molecule has 0 fully saturated rings. The molecule has 0 saturated heterocycles. The van der Waals surface area contributed by atoms with Crippen LogP contribution in [0.3, 0.4) is 0 Å². The number of aliphatic hydroxyl groups excluding tert-OH is 1. The van der Waals surface area contributed by atoms with Crippen molar-refractivity contribution in [2.45, 2.75) is 25.9 Å². The fourth-order valence-corrected chi connectivity index (χ4v) is 2.62. The Labute approximate surface area is 78.7 Å². The fraction of sp³-hybridized carbons (Fsp3) is 1.00. The first-order valence-corrected chi connectivity index (χ1v) is 6.32. The molecular formula is C7H15ClO3S. The van der Waals surface area contributed by atoms with E-state index in [1.54, 1.807) is 0 Å². The van der Waals surface area contributed by atoms with Crippen LogP contribution in [0.1, 0.15) is 19.8 Å². The predicted molar refractivity (Wildman–Crippen MR) is 50.3 cm³/mol. The quantitative estimate of drug-likeness (QED) is 0.666. The van der Waals surface area contributed by atoms with Crippen molar-refractivity contribution in [3.63, 3.8) is 0 Å². The standard InChI is InChI=1S/C7H15ClO3S/c1-2-3-4-12(10,11)6-7(9)5-8/h7,9H,2-6H2,1H3/t7-/m0/s1. The normalized spacial score (nSPS) is 14.6. The number of hydrogen-bond donors (Lipinski definition) is 1. The highest BCUT2D eigenvalue weighted by Gasteiger charge is 2.15. The minimum absolute atomic E-state index is 0.0225. The lowest BCUT2D eigenvalue weighted by atomic mass is 10.4. The Morgan fingerprint density at radius 2 is 2.08 bits per heavy atom. The number of halogens is 1. The van der Waals surface area contributed by atoms with Crippen molar-refractivity contribution in [3.05, 3.63) is 0 Å². The van der Waals surface area contributed by atoms with Crippen LogP contribution < -0.4 is 0 Å². The third-order valence-corrected chi connectivity index (χ3v) is 3.59. The molecule has 0 saturated carbocycles. The van der Waals surface area contributed by atoms with Crippen molar-refractivity contribution >= 4 is 21.4 Å². The summed E-state index contributed by atoms with van der Waals surface area (Å²) in [7, 11) is -3.09. The van der Waals surface area contributed by atoms with Crippen LogP contribution in [0.5, 0.6) is 0 Å². The summed E-state index contributed by atoms with van der Waals surface area (Å²) in [6, 6.07) is 0. The van der Waals surface area contributed by atoms with Gasteiger partial charge in [-0.1, -0.05) is 13.3 Å². The highest BCUT2D eigenvalue weighted by atomic mass is 35.5. The second-order valence-corrected chi connectivity index (χ2v) is 5.31. The molecule has 0 heterocycles. The van der Waals surface area contributed by atoms with Crippen molar-refractivity contribution in [3.8, 4) is 0 Å². The molecule has 0 aliphatic carbocycles. The molecule has 0 aromatic rings. The predicted octanol–water partition coefficient (Wildman–Crippen LogP) is 0.801. The zero-order valence-corrected chi connectivity index (χ0v) is 8.74. The summed E-state index contributed by atoms with van der Waals surface area (Å²) < 4.78 is 22.3. The van der Waals surface area contributed by atoms with Crippen molar-refractivity contribution in [2.75, 3.05) is 17.4 Å². The monoisotopic (exact) mass is 214 g/mol. The smallest absolute Gasteiger partial charge is 0.152 e. The van der Waals surface area contributed by atoms with Crippen molar-refractivity contribution in [1.82, 2.24) is 0 Å². The molecular weight excluding hydrogens is 200 g/mol. The van der Waals surface area contributed by atoms with E-state index in [0.29, 0.717) is 6.42 Å². The van der Waals surface area contributed by atoms with E-state index < -0.39 is 15.9 Å². The number of unbranched alkanes of at least 4 members (excludes halogenated alkanes) is 1. The van der Waals surface area contributed by atoms with Crippen molar-refractivity contribution in [2.24, 2.45) is 0 Å². The Morgan fingerprint density at radius 3 is 2.50 bits per heavy atom. The van der Waals surface area contributed by atoms with Gasteiger partial charge in [-0.15, -0.1) is 11.6 Å². The lowest BCUT2D eigenvalue weighted by Crippen LogP contribution is -2.24. The topological polar surface area (TPSA) is 54.4 Å². The molecule has 0 aliphatic heterocycles. The lowest BCUT2D eigenvalue weighted by Gasteiger charge is -2.06. The second kappa shape index (κ2) is 5.78. The molecule has 0 aliphatic rings. The van der Waals surface area contributed by atoms with E-state index in [1.165, 1.54) is 0 Å². The Balaban J connectivity index is 3.88. The molecule has 0 aromatic carbocycles. The summed E-state index contributed by atoms with van der Waals surface area (Å²) in [4.78, 5) is 0. The number of hydrogen-bond acceptors (Lipinski definition) is 3. The Kier molecular flexibility index (Phi) is 5.88. The molecule has 0 amide bonds. The Hall–Kier alpha value is 0.200. The van der Waals surface area contributed by atoms with Gasteiger partial charge in [0.2, 0.25) is 0 Å². The molecule has 0 rings (SSSR count). The molecule has 0 spiro atoms. The van der Waals surface area contributed by atoms with Crippen LogP contribution in [0.15, 0.2) is 0 Å². The van der Waals surface area contributed by atoms with E-state index in [0.717, 1.165) is 6.42 Å². The summed E-state index contributed by atoms with van der Waals surface area (Å²) in [5, 5.41) is 8.98. The molecule has 5 heteroatoms. The maximum atomic E-state index is 11.1. The van der Waals surface area contributed by atoms with Crippen LogP contribution in [0.25, 0.3) is 0 Å². The van der Waals surface area contributed by atoms with Gasteiger partial charge in [-0.3, -0.25) is 0 Å². The van der Waals surface area contributed by atoms with E-state index in [2.05, 4.69) is 0 Å². The maximum Gasteiger partial charge on any atom is 0.152 e. The number of alkyl halides is 1. The molecule has 0 unspecified atom stereocenters. The van der Waals surface area contributed by atoms with Gasteiger partial charge in [0.1, 0.15) is 0 Å². The molecule has 74 valence electrons. The van der Waals surface area contributed by atoms with Crippen molar-refractivity contribution in [1.29, 1.82) is 0 Å². The van der Waals surface area contributed by atoms with E-state index in [9.17, 15) is 8.42 Å². The summed E-state index contributed by atoms with van der Waals surface area (Å²) in [6.45, 7) is 1.92. The first kappa shape index (κ1) is 12.2. The van der Waals surface area contributed by atoms with Gasteiger partial charge >= 0.3 is 0 Å². The van der Waals surface area contributed by atoms with Crippen LogP contribution in [0, 0.1) is 0 Å². The van der Waals surface area contributed by atoms with Crippen molar-refractivity contribution < 1.29 is 13.5 Å². The summed E-state index contributed by atoms with van der Waals surface area (Å²) in [5.74, 6) is -0.0840. The molecule has 1 N–H and O–H groups in total. The highest BCUT2D eigenvalue weighted by molar-refractivity contribution is 7.91. The van der Waals surface area contributed by atoms with Crippen LogP contribution in [0.4, 0.5) is 0 Å². The molecule has 12 heavy (non-hydrogen) atoms. The lowest BCUT2D eigenvalue weighted by molar-refractivity contribution is 0.221. The average Bonchev–Trinajstić information content (AvgIpc) is 2.00. The zero-order valence-electron chi connectivity index (χ0n) is 7.16. The second-order valence-electron chi connectivity index (χ2n) is 2.78. The number of sulfone groups is 1.